The first-order chi connectivity index (χ1) is 13.2. The Kier molecular flexibility index (Phi) is 5.45. The van der Waals surface area contributed by atoms with Gasteiger partial charge in [-0.05, 0) is 29.3 Å². The number of nitrogens with one attached hydrogen (secondary N) is 1. The van der Waals surface area contributed by atoms with Crippen molar-refractivity contribution in [2.24, 2.45) is 0 Å². The van der Waals surface area contributed by atoms with Gasteiger partial charge in [0.15, 0.2) is 5.60 Å². The molecular weight excluding hydrogens is 391 g/mol. The van der Waals surface area contributed by atoms with Gasteiger partial charge in [0.2, 0.25) is 0 Å². The second-order valence-corrected chi connectivity index (χ2v) is 6.50. The van der Waals surface area contributed by atoms with Crippen LogP contribution in [0.25, 0.3) is 0 Å². The summed E-state index contributed by atoms with van der Waals surface area (Å²) in [6.07, 6.45) is -4.60. The number of alkyl halides is 3. The highest BCUT2D eigenvalue weighted by Gasteiger charge is 2.40. The van der Waals surface area contributed by atoms with Crippen molar-refractivity contribution in [3.05, 3.63) is 101 Å². The van der Waals surface area contributed by atoms with Gasteiger partial charge in [-0.15, -0.1) is 0 Å². The fourth-order valence-corrected chi connectivity index (χ4v) is 2.96. The SMILES string of the molecule is O=C(Nc1cc(C(F)(F)F)ccc1Cl)C(O)(c1ccccc1)c1ccccc1. The first-order valence-corrected chi connectivity index (χ1v) is 8.62. The van der Waals surface area contributed by atoms with Crippen LogP contribution in [-0.4, -0.2) is 11.0 Å². The third-order valence-electron chi connectivity index (χ3n) is 4.25. The maximum absolute atomic E-state index is 13.0. The molecule has 0 radical (unpaired) electrons. The van der Waals surface area contributed by atoms with Crippen molar-refractivity contribution in [2.45, 2.75) is 11.8 Å². The van der Waals surface area contributed by atoms with Crippen molar-refractivity contribution in [2.75, 3.05) is 5.32 Å². The largest absolute Gasteiger partial charge is 0.416 e. The first-order valence-electron chi connectivity index (χ1n) is 8.24. The smallest absolute Gasteiger partial charge is 0.372 e. The van der Waals surface area contributed by atoms with Gasteiger partial charge in [0.1, 0.15) is 0 Å². The Morgan fingerprint density at radius 3 is 1.79 bits per heavy atom. The van der Waals surface area contributed by atoms with Crippen molar-refractivity contribution in [3.8, 4) is 0 Å². The molecule has 3 aromatic carbocycles. The molecule has 28 heavy (non-hydrogen) atoms. The van der Waals surface area contributed by atoms with E-state index in [1.165, 1.54) is 0 Å². The van der Waals surface area contributed by atoms with E-state index in [4.69, 9.17) is 11.6 Å². The number of hydrogen-bond donors (Lipinski definition) is 2. The van der Waals surface area contributed by atoms with Gasteiger partial charge in [-0.25, -0.2) is 0 Å². The summed E-state index contributed by atoms with van der Waals surface area (Å²) in [7, 11) is 0. The zero-order chi connectivity index (χ0) is 20.4. The lowest BCUT2D eigenvalue weighted by Gasteiger charge is -2.28. The summed E-state index contributed by atoms with van der Waals surface area (Å²) in [6, 6.07) is 18.8. The van der Waals surface area contributed by atoms with Crippen LogP contribution in [0.2, 0.25) is 5.02 Å². The van der Waals surface area contributed by atoms with E-state index in [-0.39, 0.29) is 21.8 Å². The van der Waals surface area contributed by atoms with Crippen LogP contribution in [0, 0.1) is 0 Å². The van der Waals surface area contributed by atoms with E-state index >= 15 is 0 Å². The third-order valence-corrected chi connectivity index (χ3v) is 4.58. The number of carbonyl (C=O) groups excluding carboxylic acids is 1. The molecule has 0 aliphatic carbocycles. The van der Waals surface area contributed by atoms with E-state index in [0.717, 1.165) is 18.2 Å². The summed E-state index contributed by atoms with van der Waals surface area (Å²) in [5.74, 6) is -0.925. The summed E-state index contributed by atoms with van der Waals surface area (Å²) < 4.78 is 39.0. The lowest BCUT2D eigenvalue weighted by molar-refractivity contribution is -0.137. The quantitative estimate of drug-likeness (QED) is 0.624. The molecule has 0 aliphatic heterocycles. The molecule has 0 saturated carbocycles. The second-order valence-electron chi connectivity index (χ2n) is 6.09. The van der Waals surface area contributed by atoms with Crippen molar-refractivity contribution < 1.29 is 23.1 Å². The highest BCUT2D eigenvalue weighted by molar-refractivity contribution is 6.33. The first kappa shape index (κ1) is 19.9. The van der Waals surface area contributed by atoms with Gasteiger partial charge in [-0.3, -0.25) is 4.79 Å². The molecule has 0 atom stereocenters. The molecule has 0 unspecified atom stereocenters. The number of anilines is 1. The summed E-state index contributed by atoms with van der Waals surface area (Å²) in [4.78, 5) is 13.0. The highest BCUT2D eigenvalue weighted by Crippen LogP contribution is 2.36. The molecule has 3 rings (SSSR count). The van der Waals surface area contributed by atoms with E-state index in [0.29, 0.717) is 0 Å². The van der Waals surface area contributed by atoms with Gasteiger partial charge >= 0.3 is 6.18 Å². The molecule has 144 valence electrons. The minimum absolute atomic E-state index is 0.0789. The van der Waals surface area contributed by atoms with Crippen LogP contribution in [0.3, 0.4) is 0 Å². The van der Waals surface area contributed by atoms with Crippen LogP contribution in [0.1, 0.15) is 16.7 Å². The van der Waals surface area contributed by atoms with Crippen LogP contribution in [0.15, 0.2) is 78.9 Å². The Labute approximate surface area is 164 Å². The summed E-state index contributed by atoms with van der Waals surface area (Å²) in [6.45, 7) is 0. The molecule has 3 nitrogen and oxygen atoms in total. The van der Waals surface area contributed by atoms with Crippen LogP contribution in [0.4, 0.5) is 18.9 Å². The average Bonchev–Trinajstić information content (AvgIpc) is 2.69. The van der Waals surface area contributed by atoms with Gasteiger partial charge in [-0.1, -0.05) is 72.3 Å². The van der Waals surface area contributed by atoms with Crippen LogP contribution >= 0.6 is 11.6 Å². The van der Waals surface area contributed by atoms with Gasteiger partial charge in [0, 0.05) is 0 Å². The number of amides is 1. The second kappa shape index (κ2) is 7.66. The summed E-state index contributed by atoms with van der Waals surface area (Å²) in [5.41, 5.74) is -2.80. The maximum atomic E-state index is 13.0. The van der Waals surface area contributed by atoms with Crippen molar-refractivity contribution in [1.82, 2.24) is 0 Å². The highest BCUT2D eigenvalue weighted by atomic mass is 35.5. The number of hydrogen-bond acceptors (Lipinski definition) is 2. The molecule has 7 heteroatoms. The standard InChI is InChI=1S/C21H15ClF3NO2/c22-17-12-11-16(21(23,24)25)13-18(17)26-19(27)20(28,14-7-3-1-4-8-14)15-9-5-2-6-10-15/h1-13,28H,(H,26,27). The monoisotopic (exact) mass is 405 g/mol. The molecule has 0 aromatic heterocycles. The maximum Gasteiger partial charge on any atom is 0.416 e. The number of aliphatic hydroxyl groups is 1. The van der Waals surface area contributed by atoms with Crippen LogP contribution < -0.4 is 5.32 Å². The van der Waals surface area contributed by atoms with Crippen LogP contribution in [-0.2, 0) is 16.6 Å². The van der Waals surface area contributed by atoms with Crippen LogP contribution in [0.5, 0.6) is 0 Å². The van der Waals surface area contributed by atoms with E-state index in [1.54, 1.807) is 60.7 Å². The zero-order valence-corrected chi connectivity index (χ0v) is 15.1. The van der Waals surface area contributed by atoms with E-state index in [9.17, 15) is 23.1 Å². The minimum atomic E-state index is -4.60. The predicted molar refractivity (Wildman–Crippen MR) is 101 cm³/mol. The Balaban J connectivity index is 2.05. The lowest BCUT2D eigenvalue weighted by Crippen LogP contribution is -2.41. The van der Waals surface area contributed by atoms with Crippen molar-refractivity contribution in [1.29, 1.82) is 0 Å². The van der Waals surface area contributed by atoms with E-state index < -0.39 is 23.2 Å². The lowest BCUT2D eigenvalue weighted by atomic mass is 9.85. The average molecular weight is 406 g/mol. The molecule has 0 heterocycles. The molecule has 3 aromatic rings. The molecule has 2 N–H and O–H groups in total. The number of benzene rings is 3. The van der Waals surface area contributed by atoms with E-state index in [1.807, 2.05) is 0 Å². The Bertz CT molecular complexity index is 936. The Hall–Kier alpha value is -2.83. The molecule has 0 saturated heterocycles. The molecule has 1 amide bonds. The van der Waals surface area contributed by atoms with Gasteiger partial charge in [-0.2, -0.15) is 13.2 Å². The third kappa shape index (κ3) is 3.88. The van der Waals surface area contributed by atoms with Gasteiger partial charge < -0.3 is 10.4 Å². The minimum Gasteiger partial charge on any atom is -0.372 e. The van der Waals surface area contributed by atoms with Gasteiger partial charge in [0.25, 0.3) is 5.91 Å². The number of carbonyl (C=O) groups is 1. The molecule has 0 spiro atoms. The molecule has 0 bridgehead atoms. The van der Waals surface area contributed by atoms with Crippen molar-refractivity contribution >= 4 is 23.2 Å². The predicted octanol–water partition coefficient (Wildman–Crippen LogP) is 5.23. The summed E-state index contributed by atoms with van der Waals surface area (Å²) in [5, 5.41) is 13.6. The normalized spacial score (nSPS) is 11.9. The molecule has 0 fully saturated rings. The van der Waals surface area contributed by atoms with E-state index in [2.05, 4.69) is 5.32 Å². The fourth-order valence-electron chi connectivity index (χ4n) is 2.80. The Morgan fingerprint density at radius 2 is 1.32 bits per heavy atom. The Morgan fingerprint density at radius 1 is 0.821 bits per heavy atom. The molecular formula is C21H15ClF3NO2. The fraction of sp³-hybridized carbons (Fsp3) is 0.0952. The zero-order valence-electron chi connectivity index (χ0n) is 14.4. The van der Waals surface area contributed by atoms with Crippen molar-refractivity contribution in [3.63, 3.8) is 0 Å². The molecule has 0 aliphatic rings. The number of rotatable bonds is 4. The van der Waals surface area contributed by atoms with Gasteiger partial charge in [0.05, 0.1) is 16.3 Å². The number of halogens is 4. The summed E-state index contributed by atoms with van der Waals surface area (Å²) >= 11 is 5.97. The topological polar surface area (TPSA) is 49.3 Å².